The summed E-state index contributed by atoms with van der Waals surface area (Å²) in [5.74, 6) is 0.0810. The molecule has 2 aliphatic heterocycles. The van der Waals surface area contributed by atoms with Crippen LogP contribution in [0.4, 0.5) is 5.69 Å². The molecule has 8 nitrogen and oxygen atoms in total. The first kappa shape index (κ1) is 26.9. The van der Waals surface area contributed by atoms with Gasteiger partial charge in [-0.1, -0.05) is 61.0 Å². The molecule has 9 heteroatoms. The number of piperidine rings is 1. The second-order valence-corrected chi connectivity index (χ2v) is 11.8. The number of ether oxygens (including phenoxy) is 1. The van der Waals surface area contributed by atoms with E-state index in [2.05, 4.69) is 5.32 Å². The highest BCUT2D eigenvalue weighted by atomic mass is 32.2. The summed E-state index contributed by atoms with van der Waals surface area (Å²) in [7, 11) is -3.49. The molecule has 0 radical (unpaired) electrons. The first-order chi connectivity index (χ1) is 18.9. The van der Waals surface area contributed by atoms with E-state index in [-0.39, 0.29) is 29.7 Å². The Morgan fingerprint density at radius 1 is 0.846 bits per heavy atom. The van der Waals surface area contributed by atoms with E-state index in [1.165, 1.54) is 0 Å². The molecule has 2 heterocycles. The molecule has 3 aromatic carbocycles. The Morgan fingerprint density at radius 2 is 1.54 bits per heavy atom. The van der Waals surface area contributed by atoms with Gasteiger partial charge in [-0.15, -0.1) is 0 Å². The van der Waals surface area contributed by atoms with E-state index in [1.54, 1.807) is 39.5 Å². The number of rotatable bonds is 8. The van der Waals surface area contributed by atoms with Crippen LogP contribution in [0.5, 0.6) is 5.75 Å². The normalized spacial score (nSPS) is 17.6. The van der Waals surface area contributed by atoms with Crippen LogP contribution >= 0.6 is 0 Å². The number of para-hydroxylation sites is 2. The zero-order valence-corrected chi connectivity index (χ0v) is 22.6. The lowest BCUT2D eigenvalue weighted by Crippen LogP contribution is -2.50. The van der Waals surface area contributed by atoms with Gasteiger partial charge in [-0.05, 0) is 54.7 Å². The molecule has 1 saturated heterocycles. The van der Waals surface area contributed by atoms with Crippen molar-refractivity contribution < 1.29 is 22.7 Å². The Labute approximate surface area is 229 Å². The maximum Gasteiger partial charge on any atom is 0.263 e. The highest BCUT2D eigenvalue weighted by Crippen LogP contribution is 2.34. The van der Waals surface area contributed by atoms with Crippen LogP contribution < -0.4 is 15.0 Å². The fourth-order valence-electron chi connectivity index (χ4n) is 4.97. The first-order valence-electron chi connectivity index (χ1n) is 13.4. The Balaban J connectivity index is 1.22. The minimum absolute atomic E-state index is 0.115. The van der Waals surface area contributed by atoms with Crippen molar-refractivity contribution in [2.45, 2.75) is 49.6 Å². The predicted molar refractivity (Wildman–Crippen MR) is 149 cm³/mol. The van der Waals surface area contributed by atoms with Gasteiger partial charge in [-0.2, -0.15) is 4.31 Å². The molecule has 0 saturated carbocycles. The summed E-state index contributed by atoms with van der Waals surface area (Å²) in [6, 6.07) is 23.6. The van der Waals surface area contributed by atoms with E-state index in [0.717, 1.165) is 30.4 Å². The largest absolute Gasteiger partial charge is 0.477 e. The second kappa shape index (κ2) is 12.0. The third-order valence-electron chi connectivity index (χ3n) is 7.18. The van der Waals surface area contributed by atoms with Crippen LogP contribution in [0.3, 0.4) is 0 Å². The first-order valence-corrected chi connectivity index (χ1v) is 14.8. The third kappa shape index (κ3) is 6.32. The average Bonchev–Trinajstić information content (AvgIpc) is 2.99. The molecule has 0 unspecified atom stereocenters. The van der Waals surface area contributed by atoms with Gasteiger partial charge in [0.1, 0.15) is 5.75 Å². The fourth-order valence-corrected chi connectivity index (χ4v) is 6.49. The standard InChI is InChI=1S/C30H33N3O5S/c34-29(18-15-23-13-16-25(17-14-23)39(36,37)32-19-7-2-8-20-32)33-22-28(38-27-12-6-5-11-26(27)33)30(35)31-21-24-9-3-1-4-10-24/h1,3-6,9-14,16-17,28H,2,7-8,15,18-22H2,(H,31,35)/t28-/m0/s1. The number of hydrogen-bond acceptors (Lipinski definition) is 5. The summed E-state index contributed by atoms with van der Waals surface area (Å²) < 4.78 is 33.3. The van der Waals surface area contributed by atoms with E-state index in [9.17, 15) is 18.0 Å². The topological polar surface area (TPSA) is 96.0 Å². The van der Waals surface area contributed by atoms with Crippen molar-refractivity contribution in [1.82, 2.24) is 9.62 Å². The van der Waals surface area contributed by atoms with Crippen molar-refractivity contribution in [3.05, 3.63) is 90.0 Å². The van der Waals surface area contributed by atoms with Crippen molar-refractivity contribution >= 4 is 27.5 Å². The van der Waals surface area contributed by atoms with Gasteiger partial charge in [0.05, 0.1) is 17.1 Å². The summed E-state index contributed by atoms with van der Waals surface area (Å²) in [6.07, 6.45) is 2.68. The highest BCUT2D eigenvalue weighted by molar-refractivity contribution is 7.89. The lowest BCUT2D eigenvalue weighted by Gasteiger charge is -2.34. The third-order valence-corrected chi connectivity index (χ3v) is 9.09. The van der Waals surface area contributed by atoms with Crippen molar-refractivity contribution in [1.29, 1.82) is 0 Å². The average molecular weight is 548 g/mol. The molecule has 3 aromatic rings. The molecule has 1 N–H and O–H groups in total. The van der Waals surface area contributed by atoms with Crippen LogP contribution in [0.2, 0.25) is 0 Å². The van der Waals surface area contributed by atoms with E-state index < -0.39 is 16.1 Å². The molecule has 2 amide bonds. The van der Waals surface area contributed by atoms with Crippen LogP contribution in [0.25, 0.3) is 0 Å². The number of carbonyl (C=O) groups excluding carboxylic acids is 2. The lowest BCUT2D eigenvalue weighted by atomic mass is 10.1. The van der Waals surface area contributed by atoms with Crippen LogP contribution in [-0.2, 0) is 32.6 Å². The smallest absolute Gasteiger partial charge is 0.263 e. The lowest BCUT2D eigenvalue weighted by molar-refractivity contribution is -0.128. The van der Waals surface area contributed by atoms with Crippen molar-refractivity contribution in [3.8, 4) is 5.75 Å². The number of carbonyl (C=O) groups is 2. The number of sulfonamides is 1. The maximum atomic E-state index is 13.4. The molecular weight excluding hydrogens is 514 g/mol. The monoisotopic (exact) mass is 547 g/mol. The summed E-state index contributed by atoms with van der Waals surface area (Å²) in [5, 5.41) is 2.90. The zero-order valence-electron chi connectivity index (χ0n) is 21.8. The Hall–Kier alpha value is -3.69. The Kier molecular flexibility index (Phi) is 8.28. The van der Waals surface area contributed by atoms with E-state index in [4.69, 9.17) is 4.74 Å². The molecule has 39 heavy (non-hydrogen) atoms. The van der Waals surface area contributed by atoms with Gasteiger partial charge in [0.25, 0.3) is 5.91 Å². The summed E-state index contributed by atoms with van der Waals surface area (Å²) >= 11 is 0. The number of nitrogens with zero attached hydrogens (tertiary/aromatic N) is 2. The minimum atomic E-state index is -3.49. The number of hydrogen-bond donors (Lipinski definition) is 1. The van der Waals surface area contributed by atoms with Gasteiger partial charge in [0.15, 0.2) is 6.10 Å². The van der Waals surface area contributed by atoms with Gasteiger partial charge in [-0.3, -0.25) is 9.59 Å². The zero-order chi connectivity index (χ0) is 27.2. The summed E-state index contributed by atoms with van der Waals surface area (Å²) in [6.45, 7) is 1.61. The van der Waals surface area contributed by atoms with Crippen LogP contribution in [0, 0.1) is 0 Å². The maximum absolute atomic E-state index is 13.4. The molecule has 0 aromatic heterocycles. The summed E-state index contributed by atoms with van der Waals surface area (Å²) in [5.41, 5.74) is 2.49. The van der Waals surface area contributed by atoms with E-state index in [1.807, 2.05) is 48.5 Å². The minimum Gasteiger partial charge on any atom is -0.477 e. The molecule has 1 fully saturated rings. The van der Waals surface area contributed by atoms with Crippen molar-refractivity contribution in [3.63, 3.8) is 0 Å². The number of amides is 2. The number of benzene rings is 3. The molecular formula is C30H33N3O5S. The van der Waals surface area contributed by atoms with Gasteiger partial charge in [-0.25, -0.2) is 8.42 Å². The van der Waals surface area contributed by atoms with Gasteiger partial charge >= 0.3 is 0 Å². The Morgan fingerprint density at radius 3 is 2.28 bits per heavy atom. The van der Waals surface area contributed by atoms with Gasteiger partial charge in [0, 0.05) is 26.1 Å². The fraction of sp³-hybridized carbons (Fsp3) is 0.333. The molecule has 1 atom stereocenters. The molecule has 2 aliphatic rings. The number of fused-ring (bicyclic) bond motifs is 1. The van der Waals surface area contributed by atoms with Crippen LogP contribution in [0.1, 0.15) is 36.8 Å². The predicted octanol–water partition coefficient (Wildman–Crippen LogP) is 3.90. The summed E-state index contributed by atoms with van der Waals surface area (Å²) in [4.78, 5) is 28.2. The Bertz CT molecular complexity index is 1400. The molecule has 204 valence electrons. The molecule has 0 spiro atoms. The molecule has 0 bridgehead atoms. The SMILES string of the molecule is O=C(NCc1ccccc1)[C@@H]1CN(C(=O)CCc2ccc(S(=O)(=O)N3CCCCC3)cc2)c2ccccc2O1. The highest BCUT2D eigenvalue weighted by Gasteiger charge is 2.33. The van der Waals surface area contributed by atoms with Crippen molar-refractivity contribution in [2.75, 3.05) is 24.5 Å². The number of aryl methyl sites for hydroxylation is 1. The van der Waals surface area contributed by atoms with Crippen molar-refractivity contribution in [2.24, 2.45) is 0 Å². The van der Waals surface area contributed by atoms with Crippen LogP contribution in [-0.4, -0.2) is 50.3 Å². The molecule has 0 aliphatic carbocycles. The molecule has 5 rings (SSSR count). The number of anilines is 1. The number of nitrogens with one attached hydrogen (secondary N) is 1. The second-order valence-electron chi connectivity index (χ2n) is 9.89. The van der Waals surface area contributed by atoms with Crippen LogP contribution in [0.15, 0.2) is 83.8 Å². The van der Waals surface area contributed by atoms with Gasteiger partial charge < -0.3 is 15.0 Å². The van der Waals surface area contributed by atoms with E-state index in [0.29, 0.717) is 37.5 Å². The van der Waals surface area contributed by atoms with Gasteiger partial charge in [0.2, 0.25) is 15.9 Å². The van der Waals surface area contributed by atoms with E-state index >= 15 is 0 Å². The quantitative estimate of drug-likeness (QED) is 0.462.